The number of benzene rings is 1. The number of nitrogens with zero attached hydrogens (tertiary/aromatic N) is 2. The number of aromatic nitrogens is 1. The van der Waals surface area contributed by atoms with Crippen LogP contribution in [0.25, 0.3) is 0 Å². The van der Waals surface area contributed by atoms with Crippen molar-refractivity contribution in [3.63, 3.8) is 0 Å². The predicted molar refractivity (Wildman–Crippen MR) is 109 cm³/mol. The van der Waals surface area contributed by atoms with Crippen LogP contribution in [0.1, 0.15) is 33.6 Å². The van der Waals surface area contributed by atoms with E-state index < -0.39 is 0 Å². The molecule has 0 spiro atoms. The Balaban J connectivity index is 1.53. The van der Waals surface area contributed by atoms with Crippen LogP contribution in [-0.4, -0.2) is 40.9 Å². The van der Waals surface area contributed by atoms with Gasteiger partial charge in [-0.15, -0.1) is 0 Å². The standard InChI is InChI=1S/C20H21Cl2N3O3/c1-24-8-2-3-15(19(24)27)20(28)25-9-6-13(7-10-25)12-23-18(26)16-11-14(21)4-5-17(16)22/h2-5,8,11,13H,6-7,9-10,12H2,1H3,(H,23,26). The maximum Gasteiger partial charge on any atom is 0.263 e. The Kier molecular flexibility index (Phi) is 6.42. The number of hydrogen-bond donors (Lipinski definition) is 1. The van der Waals surface area contributed by atoms with Crippen molar-refractivity contribution in [1.29, 1.82) is 0 Å². The lowest BCUT2D eigenvalue weighted by atomic mass is 9.96. The van der Waals surface area contributed by atoms with Crippen LogP contribution in [0, 0.1) is 5.92 Å². The molecule has 28 heavy (non-hydrogen) atoms. The van der Waals surface area contributed by atoms with Gasteiger partial charge in [0, 0.05) is 37.9 Å². The molecule has 1 aromatic carbocycles. The summed E-state index contributed by atoms with van der Waals surface area (Å²) in [7, 11) is 1.63. The second-order valence-electron chi connectivity index (χ2n) is 6.91. The average molecular weight is 422 g/mol. The van der Waals surface area contributed by atoms with Gasteiger partial charge in [0.05, 0.1) is 10.6 Å². The van der Waals surface area contributed by atoms with Crippen molar-refractivity contribution in [1.82, 2.24) is 14.8 Å². The number of carbonyl (C=O) groups excluding carboxylic acids is 2. The van der Waals surface area contributed by atoms with E-state index in [1.54, 1.807) is 48.5 Å². The zero-order chi connectivity index (χ0) is 20.3. The van der Waals surface area contributed by atoms with Crippen LogP contribution in [0.2, 0.25) is 10.0 Å². The Morgan fingerprint density at radius 1 is 1.14 bits per heavy atom. The first-order chi connectivity index (χ1) is 13.4. The fourth-order valence-electron chi connectivity index (χ4n) is 3.27. The number of pyridine rings is 1. The van der Waals surface area contributed by atoms with Gasteiger partial charge in [0.15, 0.2) is 0 Å². The maximum atomic E-state index is 12.6. The lowest BCUT2D eigenvalue weighted by Crippen LogP contribution is -2.43. The van der Waals surface area contributed by atoms with Crippen molar-refractivity contribution in [2.45, 2.75) is 12.8 Å². The molecule has 1 aliphatic rings. The molecule has 2 aromatic rings. The smallest absolute Gasteiger partial charge is 0.263 e. The Morgan fingerprint density at radius 2 is 1.86 bits per heavy atom. The van der Waals surface area contributed by atoms with Gasteiger partial charge >= 0.3 is 0 Å². The van der Waals surface area contributed by atoms with E-state index in [4.69, 9.17) is 23.2 Å². The van der Waals surface area contributed by atoms with Gasteiger partial charge in [-0.2, -0.15) is 0 Å². The van der Waals surface area contributed by atoms with Crippen LogP contribution < -0.4 is 10.9 Å². The third-order valence-corrected chi connectivity index (χ3v) is 5.54. The number of amides is 2. The highest BCUT2D eigenvalue weighted by molar-refractivity contribution is 6.35. The Labute approximate surface area is 173 Å². The molecule has 2 amide bonds. The normalized spacial score (nSPS) is 14.8. The molecule has 0 unspecified atom stereocenters. The van der Waals surface area contributed by atoms with E-state index in [-0.39, 0.29) is 28.9 Å². The number of nitrogens with one attached hydrogen (secondary N) is 1. The van der Waals surface area contributed by atoms with Crippen LogP contribution in [-0.2, 0) is 7.05 Å². The quantitative estimate of drug-likeness (QED) is 0.824. The summed E-state index contributed by atoms with van der Waals surface area (Å²) in [5.74, 6) is -0.252. The van der Waals surface area contributed by atoms with E-state index in [0.717, 1.165) is 12.8 Å². The monoisotopic (exact) mass is 421 g/mol. The molecule has 6 nitrogen and oxygen atoms in total. The highest BCUT2D eigenvalue weighted by atomic mass is 35.5. The van der Waals surface area contributed by atoms with Crippen molar-refractivity contribution in [3.8, 4) is 0 Å². The molecule has 0 radical (unpaired) electrons. The second kappa shape index (κ2) is 8.80. The third kappa shape index (κ3) is 4.56. The first-order valence-electron chi connectivity index (χ1n) is 9.05. The van der Waals surface area contributed by atoms with Crippen molar-refractivity contribution in [2.24, 2.45) is 13.0 Å². The first-order valence-corrected chi connectivity index (χ1v) is 9.80. The van der Waals surface area contributed by atoms with E-state index in [1.807, 2.05) is 0 Å². The van der Waals surface area contributed by atoms with Crippen LogP contribution in [0.5, 0.6) is 0 Å². The van der Waals surface area contributed by atoms with Crippen molar-refractivity contribution < 1.29 is 9.59 Å². The van der Waals surface area contributed by atoms with E-state index in [0.29, 0.717) is 35.2 Å². The lowest BCUT2D eigenvalue weighted by molar-refractivity contribution is 0.0682. The van der Waals surface area contributed by atoms with Gasteiger partial charge in [0.25, 0.3) is 17.4 Å². The molecule has 0 saturated carbocycles. The number of likely N-dealkylation sites (tertiary alicyclic amines) is 1. The summed E-state index contributed by atoms with van der Waals surface area (Å²) in [6.45, 7) is 1.60. The van der Waals surface area contributed by atoms with Crippen LogP contribution in [0.15, 0.2) is 41.3 Å². The largest absolute Gasteiger partial charge is 0.352 e. The second-order valence-corrected chi connectivity index (χ2v) is 7.75. The third-order valence-electron chi connectivity index (χ3n) is 4.98. The molecule has 0 bridgehead atoms. The number of piperidine rings is 1. The van der Waals surface area contributed by atoms with Gasteiger partial charge in [0.1, 0.15) is 5.56 Å². The van der Waals surface area contributed by atoms with Crippen molar-refractivity contribution >= 4 is 35.0 Å². The van der Waals surface area contributed by atoms with Crippen molar-refractivity contribution in [2.75, 3.05) is 19.6 Å². The topological polar surface area (TPSA) is 71.4 Å². The molecule has 148 valence electrons. The van der Waals surface area contributed by atoms with Crippen LogP contribution >= 0.6 is 23.2 Å². The SMILES string of the molecule is Cn1cccc(C(=O)N2CCC(CNC(=O)c3cc(Cl)ccc3Cl)CC2)c1=O. The average Bonchev–Trinajstić information content (AvgIpc) is 2.70. The van der Waals surface area contributed by atoms with Gasteiger partial charge in [-0.1, -0.05) is 23.2 Å². The summed E-state index contributed by atoms with van der Waals surface area (Å²) in [6.07, 6.45) is 3.13. The molecule has 1 fully saturated rings. The molecule has 1 saturated heterocycles. The molecule has 2 heterocycles. The number of carbonyl (C=O) groups is 2. The van der Waals surface area contributed by atoms with Gasteiger partial charge in [0.2, 0.25) is 0 Å². The molecule has 1 N–H and O–H groups in total. The number of rotatable bonds is 4. The Bertz CT molecular complexity index is 950. The maximum absolute atomic E-state index is 12.6. The molecule has 0 aliphatic carbocycles. The highest BCUT2D eigenvalue weighted by Crippen LogP contribution is 2.21. The van der Waals surface area contributed by atoms with Gasteiger partial charge < -0.3 is 14.8 Å². The minimum absolute atomic E-state index is 0.187. The lowest BCUT2D eigenvalue weighted by Gasteiger charge is -2.32. The molecule has 1 aliphatic heterocycles. The summed E-state index contributed by atoms with van der Waals surface area (Å²) in [6, 6.07) is 8.02. The van der Waals surface area contributed by atoms with E-state index >= 15 is 0 Å². The Hall–Kier alpha value is -2.31. The van der Waals surface area contributed by atoms with E-state index in [2.05, 4.69) is 5.32 Å². The fraction of sp³-hybridized carbons (Fsp3) is 0.350. The molecule has 0 atom stereocenters. The number of halogens is 2. The fourth-order valence-corrected chi connectivity index (χ4v) is 3.65. The molecular formula is C20H21Cl2N3O3. The summed E-state index contributed by atoms with van der Waals surface area (Å²) < 4.78 is 1.40. The van der Waals surface area contributed by atoms with Crippen LogP contribution in [0.3, 0.4) is 0 Å². The molecule has 3 rings (SSSR count). The van der Waals surface area contributed by atoms with Gasteiger partial charge in [-0.3, -0.25) is 14.4 Å². The molecule has 8 heteroatoms. The minimum atomic E-state index is -0.291. The molecule has 1 aromatic heterocycles. The number of aryl methyl sites for hydroxylation is 1. The summed E-state index contributed by atoms with van der Waals surface area (Å²) in [4.78, 5) is 38.8. The summed E-state index contributed by atoms with van der Waals surface area (Å²) in [5.41, 5.74) is 0.245. The van der Waals surface area contributed by atoms with E-state index in [1.165, 1.54) is 4.57 Å². The highest BCUT2D eigenvalue weighted by Gasteiger charge is 2.25. The van der Waals surface area contributed by atoms with Gasteiger partial charge in [-0.05, 0) is 49.1 Å². The number of hydrogen-bond acceptors (Lipinski definition) is 3. The van der Waals surface area contributed by atoms with Crippen molar-refractivity contribution in [3.05, 3.63) is 68.1 Å². The Morgan fingerprint density at radius 3 is 2.57 bits per heavy atom. The predicted octanol–water partition coefficient (Wildman–Crippen LogP) is 2.97. The van der Waals surface area contributed by atoms with Gasteiger partial charge in [-0.25, -0.2) is 0 Å². The van der Waals surface area contributed by atoms with Crippen LogP contribution in [0.4, 0.5) is 0 Å². The summed E-state index contributed by atoms with van der Waals surface area (Å²) >= 11 is 12.0. The molecular weight excluding hydrogens is 401 g/mol. The zero-order valence-corrected chi connectivity index (χ0v) is 17.0. The van der Waals surface area contributed by atoms with E-state index in [9.17, 15) is 14.4 Å². The minimum Gasteiger partial charge on any atom is -0.352 e. The first kappa shape index (κ1) is 20.4. The summed E-state index contributed by atoms with van der Waals surface area (Å²) in [5, 5.41) is 3.70. The zero-order valence-electron chi connectivity index (χ0n) is 15.5.